The lowest BCUT2D eigenvalue weighted by atomic mass is 10.0. The summed E-state index contributed by atoms with van der Waals surface area (Å²) in [5.74, 6) is -0.283. The van der Waals surface area contributed by atoms with E-state index in [-0.39, 0.29) is 23.9 Å². The quantitative estimate of drug-likeness (QED) is 0.462. The summed E-state index contributed by atoms with van der Waals surface area (Å²) >= 11 is 0. The summed E-state index contributed by atoms with van der Waals surface area (Å²) in [6.45, 7) is 3.47. The monoisotopic (exact) mass is 474 g/mol. The van der Waals surface area contributed by atoms with E-state index >= 15 is 0 Å². The summed E-state index contributed by atoms with van der Waals surface area (Å²) in [6.07, 6.45) is 3.51. The molecule has 0 radical (unpaired) electrons. The van der Waals surface area contributed by atoms with E-state index in [1.165, 1.54) is 12.1 Å². The molecule has 1 atom stereocenters. The van der Waals surface area contributed by atoms with Gasteiger partial charge in [0.1, 0.15) is 17.6 Å². The molecular formula is C26H27FN6O2. The maximum atomic E-state index is 13.2. The van der Waals surface area contributed by atoms with Crippen LogP contribution in [0.1, 0.15) is 46.3 Å². The fourth-order valence-electron chi connectivity index (χ4n) is 4.97. The van der Waals surface area contributed by atoms with Gasteiger partial charge in [0.2, 0.25) is 0 Å². The van der Waals surface area contributed by atoms with E-state index in [0.29, 0.717) is 25.3 Å². The van der Waals surface area contributed by atoms with E-state index in [2.05, 4.69) is 25.5 Å². The Morgan fingerprint density at radius 2 is 1.97 bits per heavy atom. The minimum Gasteiger partial charge on any atom is -0.365 e. The summed E-state index contributed by atoms with van der Waals surface area (Å²) in [5.41, 5.74) is 4.52. The van der Waals surface area contributed by atoms with Crippen molar-refractivity contribution in [2.45, 2.75) is 44.7 Å². The molecule has 1 saturated heterocycles. The summed E-state index contributed by atoms with van der Waals surface area (Å²) in [4.78, 5) is 18.2. The number of hydrogen-bond acceptors (Lipinski definition) is 5. The first-order chi connectivity index (χ1) is 17.1. The average molecular weight is 475 g/mol. The zero-order valence-electron chi connectivity index (χ0n) is 19.3. The predicted molar refractivity (Wildman–Crippen MR) is 128 cm³/mol. The van der Waals surface area contributed by atoms with E-state index in [0.717, 1.165) is 53.8 Å². The van der Waals surface area contributed by atoms with Crippen molar-refractivity contribution in [1.82, 2.24) is 30.2 Å². The molecule has 2 aliphatic rings. The van der Waals surface area contributed by atoms with Gasteiger partial charge in [-0.3, -0.25) is 9.69 Å². The number of carbonyl (C=O) groups excluding carboxylic acids is 1. The lowest BCUT2D eigenvalue weighted by molar-refractivity contribution is -0.00220. The van der Waals surface area contributed by atoms with Crippen LogP contribution in [0.25, 0.3) is 10.9 Å². The predicted octanol–water partition coefficient (Wildman–Crippen LogP) is 3.56. The molecule has 35 heavy (non-hydrogen) atoms. The number of aromatic nitrogens is 4. The lowest BCUT2D eigenvalue weighted by Gasteiger charge is -2.32. The number of nitrogens with zero attached hydrogens (tertiary/aromatic N) is 4. The highest BCUT2D eigenvalue weighted by atomic mass is 19.1. The molecule has 2 N–H and O–H groups in total. The standard InChI is InChI=1S/C26H27FN6O2/c27-20-5-3-18(4-6-20)25-15-33-24(16-35-25)23(30-31-33)14-32-11-8-21(9-12-32)29-26(34)19-2-1-17-7-10-28-22(17)13-19/h1-7,10,13,21,25,28H,8-9,11-12,14-16H2,(H,29,34). The summed E-state index contributed by atoms with van der Waals surface area (Å²) < 4.78 is 21.2. The normalized spacial score (nSPS) is 19.1. The van der Waals surface area contributed by atoms with Crippen LogP contribution in [0.3, 0.4) is 0 Å². The number of aromatic amines is 1. The molecule has 2 aromatic heterocycles. The summed E-state index contributed by atoms with van der Waals surface area (Å²) in [6, 6.07) is 14.3. The first-order valence-electron chi connectivity index (χ1n) is 12.0. The minimum atomic E-state index is -0.255. The largest absolute Gasteiger partial charge is 0.365 e. The Bertz CT molecular complexity index is 1340. The molecule has 0 spiro atoms. The SMILES string of the molecule is O=C(NC1CCN(Cc2nnn3c2COC(c2ccc(F)cc2)C3)CC1)c1ccc2cc[nH]c2c1. The molecule has 1 amide bonds. The van der Waals surface area contributed by atoms with Crippen LogP contribution in [0.4, 0.5) is 4.39 Å². The van der Waals surface area contributed by atoms with Gasteiger partial charge >= 0.3 is 0 Å². The second-order valence-electron chi connectivity index (χ2n) is 9.32. The molecule has 2 aromatic carbocycles. The van der Waals surface area contributed by atoms with Gasteiger partial charge in [-0.25, -0.2) is 9.07 Å². The second-order valence-corrected chi connectivity index (χ2v) is 9.32. The van der Waals surface area contributed by atoms with Gasteiger partial charge in [-0.15, -0.1) is 5.10 Å². The highest BCUT2D eigenvalue weighted by Crippen LogP contribution is 2.28. The third-order valence-electron chi connectivity index (χ3n) is 7.03. The Labute approximate surface area is 202 Å². The molecule has 2 aliphatic heterocycles. The second kappa shape index (κ2) is 9.24. The third kappa shape index (κ3) is 4.56. The van der Waals surface area contributed by atoms with Gasteiger partial charge in [0.05, 0.1) is 18.8 Å². The number of ether oxygens (including phenoxy) is 1. The lowest BCUT2D eigenvalue weighted by Crippen LogP contribution is -2.44. The van der Waals surface area contributed by atoms with E-state index in [4.69, 9.17) is 4.74 Å². The van der Waals surface area contributed by atoms with Gasteiger partial charge in [-0.1, -0.05) is 23.4 Å². The van der Waals surface area contributed by atoms with Crippen LogP contribution < -0.4 is 5.32 Å². The van der Waals surface area contributed by atoms with Crippen molar-refractivity contribution in [3.8, 4) is 0 Å². The van der Waals surface area contributed by atoms with Crippen molar-refractivity contribution in [1.29, 1.82) is 0 Å². The van der Waals surface area contributed by atoms with Crippen molar-refractivity contribution < 1.29 is 13.9 Å². The molecule has 6 rings (SSSR count). The van der Waals surface area contributed by atoms with Crippen LogP contribution in [0.5, 0.6) is 0 Å². The molecule has 0 bridgehead atoms. The average Bonchev–Trinajstić information content (AvgIpc) is 3.52. The number of hydrogen-bond donors (Lipinski definition) is 2. The van der Waals surface area contributed by atoms with Crippen LogP contribution in [-0.2, 0) is 24.4 Å². The smallest absolute Gasteiger partial charge is 0.251 e. The first-order valence-corrected chi connectivity index (χ1v) is 12.0. The fourth-order valence-corrected chi connectivity index (χ4v) is 4.97. The molecule has 8 nitrogen and oxygen atoms in total. The number of likely N-dealkylation sites (tertiary alicyclic amines) is 1. The fraction of sp³-hybridized carbons (Fsp3) is 0.346. The number of benzene rings is 2. The highest BCUT2D eigenvalue weighted by Gasteiger charge is 2.27. The molecule has 4 heterocycles. The first kappa shape index (κ1) is 21.9. The van der Waals surface area contributed by atoms with Gasteiger partial charge in [0.15, 0.2) is 0 Å². The summed E-state index contributed by atoms with van der Waals surface area (Å²) in [5, 5.41) is 13.1. The Hall–Kier alpha value is -3.56. The Balaban J connectivity index is 1.02. The molecule has 0 aliphatic carbocycles. The minimum absolute atomic E-state index is 0.0276. The van der Waals surface area contributed by atoms with Gasteiger partial charge in [0.25, 0.3) is 5.91 Å². The topological polar surface area (TPSA) is 88.1 Å². The molecule has 4 aromatic rings. The van der Waals surface area contributed by atoms with Crippen LogP contribution in [0, 0.1) is 5.82 Å². The Kier molecular flexibility index (Phi) is 5.79. The van der Waals surface area contributed by atoms with Crippen molar-refractivity contribution in [2.24, 2.45) is 0 Å². The number of halogens is 1. The van der Waals surface area contributed by atoms with Gasteiger partial charge < -0.3 is 15.0 Å². The Morgan fingerprint density at radius 1 is 1.14 bits per heavy atom. The molecule has 0 saturated carbocycles. The van der Waals surface area contributed by atoms with Gasteiger partial charge in [-0.2, -0.15) is 0 Å². The number of nitrogens with one attached hydrogen (secondary N) is 2. The molecule has 1 unspecified atom stereocenters. The number of piperidine rings is 1. The van der Waals surface area contributed by atoms with E-state index in [1.807, 2.05) is 35.1 Å². The zero-order chi connectivity index (χ0) is 23.8. The maximum Gasteiger partial charge on any atom is 0.251 e. The van der Waals surface area contributed by atoms with Crippen molar-refractivity contribution >= 4 is 16.8 Å². The number of H-pyrrole nitrogens is 1. The summed E-state index contributed by atoms with van der Waals surface area (Å²) in [7, 11) is 0. The number of rotatable bonds is 5. The number of carbonyl (C=O) groups is 1. The van der Waals surface area contributed by atoms with Crippen LogP contribution in [0.15, 0.2) is 54.7 Å². The van der Waals surface area contributed by atoms with Crippen molar-refractivity contribution in [3.63, 3.8) is 0 Å². The molecule has 1 fully saturated rings. The number of fused-ring (bicyclic) bond motifs is 2. The van der Waals surface area contributed by atoms with Crippen LogP contribution in [-0.4, -0.2) is 49.9 Å². The van der Waals surface area contributed by atoms with E-state index in [1.54, 1.807) is 12.1 Å². The molecular weight excluding hydrogens is 447 g/mol. The third-order valence-corrected chi connectivity index (χ3v) is 7.03. The molecule has 9 heteroatoms. The van der Waals surface area contributed by atoms with E-state index < -0.39 is 0 Å². The van der Waals surface area contributed by atoms with Crippen LogP contribution >= 0.6 is 0 Å². The van der Waals surface area contributed by atoms with Crippen molar-refractivity contribution in [2.75, 3.05) is 13.1 Å². The van der Waals surface area contributed by atoms with E-state index in [9.17, 15) is 9.18 Å². The van der Waals surface area contributed by atoms with Crippen LogP contribution in [0.2, 0.25) is 0 Å². The zero-order valence-corrected chi connectivity index (χ0v) is 19.3. The van der Waals surface area contributed by atoms with Gasteiger partial charge in [-0.05, 0) is 54.1 Å². The molecule has 180 valence electrons. The maximum absolute atomic E-state index is 13.2. The van der Waals surface area contributed by atoms with Gasteiger partial charge in [0, 0.05) is 43.0 Å². The number of amides is 1. The Morgan fingerprint density at radius 3 is 2.80 bits per heavy atom. The van der Waals surface area contributed by atoms with Crippen molar-refractivity contribution in [3.05, 3.63) is 83.1 Å². The highest BCUT2D eigenvalue weighted by molar-refractivity contribution is 5.98.